The second-order valence-corrected chi connectivity index (χ2v) is 25.7. The summed E-state index contributed by atoms with van der Waals surface area (Å²) in [6.45, 7) is 13.8. The summed E-state index contributed by atoms with van der Waals surface area (Å²) in [5, 5.41) is 35.2. The number of cyclic esters (lactones) is 1. The zero-order valence-electron chi connectivity index (χ0n) is 51.0. The van der Waals surface area contributed by atoms with E-state index < -0.39 is 108 Å². The number of carboxylic acids is 1. The summed E-state index contributed by atoms with van der Waals surface area (Å²) in [6, 6.07) is -2.24. The minimum Gasteiger partial charge on any atom is -0.480 e. The lowest BCUT2D eigenvalue weighted by Gasteiger charge is -2.42. The Balaban J connectivity index is 1.52. The van der Waals surface area contributed by atoms with Crippen molar-refractivity contribution in [3.63, 3.8) is 0 Å². The summed E-state index contributed by atoms with van der Waals surface area (Å²) in [4.78, 5) is 108. The van der Waals surface area contributed by atoms with Gasteiger partial charge in [-0.25, -0.2) is 14.4 Å². The standard InChI is InChI=1S/C61H94N2O19S2/c1-36-17-13-12-14-18-37(2)50(75-9)33-45-22-20-42(7)61(74,82-45)56(68)57(69)63-24-16-15-19-47(63)59(72)81-51(34-48(65)38(3)30-41(6)54(67)55(77-11)53(66)40(5)29-36)39(4)31-44-21-23-49(52(32-44)76-10)78-25-26-79-60(73)80-27-28-83-84-35-46(58(70)71)62-43(8)64/h12-14,17-18,30,36,38-40,42,44-47,49-52,54-55,67,74H,15-16,19-29,31-35H2,1-11H3,(H,62,64)(H,70,71)/b14-12+,17-13+,37-18+,41-30+/t36-,38-,39-,40-,42-,44+,45+,46+,47+,49-,50+,51+,52-,54-,55+,61-/m1/s1. The van der Waals surface area contributed by atoms with E-state index in [1.807, 2.05) is 51.2 Å². The number of aliphatic carboxylic acids is 1. The molecule has 0 aromatic carbocycles. The lowest BCUT2D eigenvalue weighted by Crippen LogP contribution is -2.61. The maximum atomic E-state index is 14.6. The summed E-state index contributed by atoms with van der Waals surface area (Å²) in [5.74, 6) is -9.65. The van der Waals surface area contributed by atoms with Crippen LogP contribution >= 0.6 is 21.6 Å². The molecule has 1 saturated carbocycles. The fourth-order valence-corrected chi connectivity index (χ4v) is 13.4. The minimum atomic E-state index is -2.47. The monoisotopic (exact) mass is 1220 g/mol. The highest BCUT2D eigenvalue weighted by molar-refractivity contribution is 8.76. The highest BCUT2D eigenvalue weighted by Gasteiger charge is 2.53. The number of carbonyl (C=O) groups excluding carboxylic acids is 7. The van der Waals surface area contributed by atoms with Crippen molar-refractivity contribution in [2.45, 2.75) is 193 Å². The first kappa shape index (κ1) is 72.0. The number of aliphatic hydroxyl groups is 2. The summed E-state index contributed by atoms with van der Waals surface area (Å²) >= 11 is 0. The van der Waals surface area contributed by atoms with Crippen LogP contribution < -0.4 is 5.32 Å². The first-order valence-corrected chi connectivity index (χ1v) is 32.0. The Labute approximate surface area is 503 Å². The molecule has 0 unspecified atom stereocenters. The molecule has 16 atom stereocenters. The number of piperidine rings is 1. The van der Waals surface area contributed by atoms with Crippen LogP contribution in [-0.4, -0.2) is 187 Å². The molecule has 0 aromatic rings. The Morgan fingerprint density at radius 3 is 2.25 bits per heavy atom. The third kappa shape index (κ3) is 22.0. The number of Topliss-reactive ketones (excluding diaryl/α,β-unsaturated/α-hetero) is 3. The van der Waals surface area contributed by atoms with E-state index in [1.54, 1.807) is 48.0 Å². The SMILES string of the molecule is CO[C@H]1C[C@@H]2CC[C@@H](C)[C@@](O)(O2)C(=O)C(=O)N2CCCC[C@H]2C(=O)O[C@H]([C@H](C)C[C@@H]2CC[C@@H](OCCOC(=O)OCCSSC[C@H](NC(C)=O)C(=O)O)[C@H](OC)C2)CC(=O)[C@H](C)/C=C(\C)[C@@H](O)[C@@H](OC)C(=O)[C@H](C)C[C@H](C)/C=C/C=C/C=C/1C. The van der Waals surface area contributed by atoms with Crippen LogP contribution in [0.4, 0.5) is 4.79 Å². The minimum absolute atomic E-state index is 0.0131. The van der Waals surface area contributed by atoms with Crippen molar-refractivity contribution in [3.05, 3.63) is 47.6 Å². The van der Waals surface area contributed by atoms with Gasteiger partial charge in [-0.15, -0.1) is 0 Å². The van der Waals surface area contributed by atoms with E-state index in [9.17, 15) is 53.7 Å². The van der Waals surface area contributed by atoms with Gasteiger partial charge in [0.05, 0.1) is 31.0 Å². The summed E-state index contributed by atoms with van der Waals surface area (Å²) in [7, 11) is 7.01. The number of methoxy groups -OCH3 is 3. The summed E-state index contributed by atoms with van der Waals surface area (Å²) in [5.41, 5.74) is 1.21. The number of amides is 2. The normalized spacial score (nSPS) is 34.1. The topological polar surface area (TPSA) is 286 Å². The maximum Gasteiger partial charge on any atom is 0.508 e. The van der Waals surface area contributed by atoms with Gasteiger partial charge < -0.3 is 63.4 Å². The van der Waals surface area contributed by atoms with Gasteiger partial charge in [0.1, 0.15) is 49.4 Å². The Bertz CT molecular complexity index is 2330. The number of ether oxygens (including phenoxy) is 8. The molecule has 23 heteroatoms. The van der Waals surface area contributed by atoms with E-state index in [0.29, 0.717) is 69.1 Å². The van der Waals surface area contributed by atoms with Gasteiger partial charge in [0.25, 0.3) is 11.7 Å². The number of allylic oxidation sites excluding steroid dienone is 6. The molecular weight excluding hydrogens is 1130 g/mol. The first-order chi connectivity index (χ1) is 39.8. The molecule has 4 N–H and O–H groups in total. The molecule has 0 spiro atoms. The van der Waals surface area contributed by atoms with E-state index >= 15 is 0 Å². The molecule has 4 rings (SSSR count). The third-order valence-electron chi connectivity index (χ3n) is 16.5. The molecule has 3 aliphatic heterocycles. The van der Waals surface area contributed by atoms with Gasteiger partial charge in [0.2, 0.25) is 11.7 Å². The molecule has 4 aliphatic rings. The van der Waals surface area contributed by atoms with Crippen LogP contribution in [0, 0.1) is 35.5 Å². The highest BCUT2D eigenvalue weighted by atomic mass is 33.1. The lowest BCUT2D eigenvalue weighted by atomic mass is 9.78. The van der Waals surface area contributed by atoms with Crippen LogP contribution in [-0.2, 0) is 71.5 Å². The number of ketones is 3. The second kappa shape index (κ2) is 36.0. The molecule has 2 amide bonds. The van der Waals surface area contributed by atoms with Gasteiger partial charge in [-0.05, 0) is 107 Å². The van der Waals surface area contributed by atoms with Gasteiger partial charge >= 0.3 is 18.1 Å². The van der Waals surface area contributed by atoms with Crippen LogP contribution in [0.15, 0.2) is 47.6 Å². The quantitative estimate of drug-likeness (QED) is 0.0343. The lowest BCUT2D eigenvalue weighted by molar-refractivity contribution is -0.265. The van der Waals surface area contributed by atoms with E-state index in [1.165, 1.54) is 40.5 Å². The van der Waals surface area contributed by atoms with Crippen molar-refractivity contribution >= 4 is 68.8 Å². The van der Waals surface area contributed by atoms with Gasteiger partial charge in [0.15, 0.2) is 5.78 Å². The molecule has 3 heterocycles. The zero-order chi connectivity index (χ0) is 62.3. The highest BCUT2D eigenvalue weighted by Crippen LogP contribution is 2.38. The Hall–Kier alpha value is -4.46. The fraction of sp³-hybridized carbons (Fsp3) is 0.738. The number of carboxylic acid groups (broad SMARTS) is 1. The van der Waals surface area contributed by atoms with Crippen LogP contribution in [0.3, 0.4) is 0 Å². The van der Waals surface area contributed by atoms with Crippen LogP contribution in [0.25, 0.3) is 0 Å². The molecule has 2 saturated heterocycles. The summed E-state index contributed by atoms with van der Waals surface area (Å²) < 4.78 is 46.3. The Morgan fingerprint density at radius 1 is 0.845 bits per heavy atom. The molecule has 3 fully saturated rings. The Morgan fingerprint density at radius 2 is 1.57 bits per heavy atom. The number of nitrogens with one attached hydrogen (secondary N) is 1. The van der Waals surface area contributed by atoms with Crippen LogP contribution in [0.1, 0.15) is 132 Å². The number of carbonyl (C=O) groups is 8. The van der Waals surface area contributed by atoms with E-state index in [0.717, 1.165) is 5.57 Å². The average molecular weight is 1220 g/mol. The Kier molecular flexibility index (Phi) is 30.9. The van der Waals surface area contributed by atoms with Crippen LogP contribution in [0.5, 0.6) is 0 Å². The van der Waals surface area contributed by atoms with Crippen molar-refractivity contribution < 1.29 is 91.6 Å². The van der Waals surface area contributed by atoms with Gasteiger partial charge in [-0.3, -0.25) is 24.0 Å². The number of esters is 1. The number of aliphatic hydroxyl groups excluding tert-OH is 1. The molecule has 84 heavy (non-hydrogen) atoms. The van der Waals surface area contributed by atoms with Gasteiger partial charge in [0, 0.05) is 76.9 Å². The molecule has 474 valence electrons. The van der Waals surface area contributed by atoms with Crippen molar-refractivity contribution in [2.24, 2.45) is 35.5 Å². The van der Waals surface area contributed by atoms with Crippen molar-refractivity contribution in [2.75, 3.05) is 59.2 Å². The van der Waals surface area contributed by atoms with E-state index in [4.69, 9.17) is 37.9 Å². The summed E-state index contributed by atoms with van der Waals surface area (Å²) in [6.07, 6.45) is 9.78. The zero-order valence-corrected chi connectivity index (χ0v) is 52.6. The average Bonchev–Trinajstić information content (AvgIpc) is 3.59. The first-order valence-electron chi connectivity index (χ1n) is 29.5. The number of nitrogens with zero attached hydrogens (tertiary/aromatic N) is 1. The second-order valence-electron chi connectivity index (χ2n) is 23.1. The third-order valence-corrected chi connectivity index (χ3v) is 18.8. The smallest absolute Gasteiger partial charge is 0.480 e. The molecule has 21 nitrogen and oxygen atoms in total. The van der Waals surface area contributed by atoms with Gasteiger partial charge in [-0.1, -0.05) is 92.7 Å². The van der Waals surface area contributed by atoms with E-state index in [2.05, 4.69) is 5.32 Å². The van der Waals surface area contributed by atoms with Crippen molar-refractivity contribution in [3.8, 4) is 0 Å². The molecule has 2 bridgehead atoms. The van der Waals surface area contributed by atoms with Crippen molar-refractivity contribution in [1.29, 1.82) is 0 Å². The van der Waals surface area contributed by atoms with Crippen LogP contribution in [0.2, 0.25) is 0 Å². The number of hydrogen-bond donors (Lipinski definition) is 4. The largest absolute Gasteiger partial charge is 0.508 e. The predicted octanol–water partition coefficient (Wildman–Crippen LogP) is 7.33. The predicted molar refractivity (Wildman–Crippen MR) is 316 cm³/mol. The fourth-order valence-electron chi connectivity index (χ4n) is 11.4. The molecule has 1 aliphatic carbocycles. The molecule has 0 radical (unpaired) electrons. The molecular formula is C61H94N2O19S2. The number of hydrogen-bond acceptors (Lipinski definition) is 20. The maximum absolute atomic E-state index is 14.6. The van der Waals surface area contributed by atoms with Gasteiger partial charge in [-0.2, -0.15) is 0 Å². The number of rotatable bonds is 18. The van der Waals surface area contributed by atoms with E-state index in [-0.39, 0.29) is 87.0 Å². The molecule has 0 aromatic heterocycles. The van der Waals surface area contributed by atoms with Crippen molar-refractivity contribution in [1.82, 2.24) is 10.2 Å². The number of fused-ring (bicyclic) bond motifs is 3.